The maximum absolute atomic E-state index is 12.7. The van der Waals surface area contributed by atoms with Gasteiger partial charge in [0.15, 0.2) is 12.5 Å². The molecule has 0 radical (unpaired) electrons. The maximum atomic E-state index is 12.7. The van der Waals surface area contributed by atoms with E-state index in [4.69, 9.17) is 9.47 Å². The Balaban J connectivity index is 1.55. The lowest BCUT2D eigenvalue weighted by atomic mass is 10.1. The second-order valence-corrected chi connectivity index (χ2v) is 6.35. The second kappa shape index (κ2) is 6.55. The summed E-state index contributed by atoms with van der Waals surface area (Å²) in [5.41, 5.74) is 3.02. The second-order valence-electron chi connectivity index (χ2n) is 6.35. The first kappa shape index (κ1) is 16.8. The minimum atomic E-state index is -0.431. The lowest BCUT2D eigenvalue weighted by molar-refractivity contribution is -0.0357. The molecule has 2 aliphatic heterocycles. The highest BCUT2D eigenvalue weighted by Crippen LogP contribution is 2.36. The summed E-state index contributed by atoms with van der Waals surface area (Å²) in [6.45, 7) is 0.733. The van der Waals surface area contributed by atoms with Crippen LogP contribution in [0, 0.1) is 0 Å². The van der Waals surface area contributed by atoms with E-state index in [-0.39, 0.29) is 11.8 Å². The van der Waals surface area contributed by atoms with Gasteiger partial charge >= 0.3 is 0 Å². The predicted molar refractivity (Wildman–Crippen MR) is 94.5 cm³/mol. The molecule has 6 heteroatoms. The van der Waals surface area contributed by atoms with E-state index in [1.807, 2.05) is 36.4 Å². The molecule has 0 aliphatic carbocycles. The van der Waals surface area contributed by atoms with Crippen molar-refractivity contribution in [2.75, 3.05) is 27.3 Å². The maximum Gasteiger partial charge on any atom is 0.256 e. The van der Waals surface area contributed by atoms with Crippen LogP contribution in [0.5, 0.6) is 0 Å². The van der Waals surface area contributed by atoms with Crippen molar-refractivity contribution >= 4 is 11.8 Å². The van der Waals surface area contributed by atoms with E-state index in [2.05, 4.69) is 0 Å². The molecule has 0 bridgehead atoms. The van der Waals surface area contributed by atoms with Gasteiger partial charge in [-0.05, 0) is 12.1 Å². The number of benzene rings is 2. The molecular formula is C20H20N2O4. The van der Waals surface area contributed by atoms with Crippen LogP contribution in [0.15, 0.2) is 48.5 Å². The summed E-state index contributed by atoms with van der Waals surface area (Å²) in [6, 6.07) is 14.9. The molecule has 0 aromatic heterocycles. The lowest BCUT2D eigenvalue weighted by Gasteiger charge is -2.29. The SMILES string of the molecule is CO[C@@H]1c2ccccc2C(=O)N1CCN1C(=O)c2ccccc2[C@@H]1OC. The number of carbonyl (C=O) groups excluding carboxylic acids is 2. The predicted octanol–water partition coefficient (Wildman–Crippen LogP) is 2.59. The smallest absolute Gasteiger partial charge is 0.256 e. The molecular weight excluding hydrogens is 332 g/mol. The topological polar surface area (TPSA) is 59.1 Å². The van der Waals surface area contributed by atoms with E-state index in [0.29, 0.717) is 24.2 Å². The van der Waals surface area contributed by atoms with Crippen LogP contribution in [0.1, 0.15) is 44.3 Å². The van der Waals surface area contributed by atoms with Gasteiger partial charge in [0.25, 0.3) is 11.8 Å². The van der Waals surface area contributed by atoms with Gasteiger partial charge in [0.2, 0.25) is 0 Å². The average Bonchev–Trinajstić information content (AvgIpc) is 3.11. The van der Waals surface area contributed by atoms with Gasteiger partial charge in [0.05, 0.1) is 0 Å². The number of hydrogen-bond donors (Lipinski definition) is 0. The Morgan fingerprint density at radius 1 is 0.731 bits per heavy atom. The molecule has 134 valence electrons. The molecule has 0 fully saturated rings. The van der Waals surface area contributed by atoms with Gasteiger partial charge in [-0.3, -0.25) is 9.59 Å². The third-order valence-corrected chi connectivity index (χ3v) is 5.03. The molecule has 0 N–H and O–H groups in total. The third-order valence-electron chi connectivity index (χ3n) is 5.03. The Hall–Kier alpha value is -2.70. The van der Waals surface area contributed by atoms with E-state index in [0.717, 1.165) is 11.1 Å². The molecule has 0 spiro atoms. The number of hydrogen-bond acceptors (Lipinski definition) is 4. The van der Waals surface area contributed by atoms with E-state index in [1.54, 1.807) is 36.2 Å². The Labute approximate surface area is 151 Å². The van der Waals surface area contributed by atoms with Crippen molar-refractivity contribution < 1.29 is 19.1 Å². The van der Waals surface area contributed by atoms with Gasteiger partial charge in [0, 0.05) is 49.6 Å². The molecule has 2 heterocycles. The van der Waals surface area contributed by atoms with Crippen molar-refractivity contribution in [1.29, 1.82) is 0 Å². The quantitative estimate of drug-likeness (QED) is 0.830. The summed E-state index contributed by atoms with van der Waals surface area (Å²) in [5.74, 6) is -0.156. The van der Waals surface area contributed by atoms with Crippen LogP contribution in [0.3, 0.4) is 0 Å². The minimum Gasteiger partial charge on any atom is -0.357 e. The molecule has 2 aromatic carbocycles. The Kier molecular flexibility index (Phi) is 4.22. The highest BCUT2D eigenvalue weighted by molar-refractivity contribution is 6.00. The highest BCUT2D eigenvalue weighted by Gasteiger charge is 2.40. The van der Waals surface area contributed by atoms with Crippen molar-refractivity contribution in [3.05, 3.63) is 70.8 Å². The summed E-state index contributed by atoms with van der Waals surface area (Å²) < 4.78 is 11.1. The zero-order valence-electron chi connectivity index (χ0n) is 14.7. The number of ether oxygens (including phenoxy) is 2. The van der Waals surface area contributed by atoms with Crippen LogP contribution in [0.25, 0.3) is 0 Å². The standard InChI is InChI=1S/C20H20N2O4/c1-25-19-15-9-5-3-7-13(15)17(23)21(19)11-12-22-18(24)14-8-4-6-10-16(14)20(22)26-2/h3-10,19-20H,11-12H2,1-2H3/t19-,20+. The fourth-order valence-corrected chi connectivity index (χ4v) is 3.83. The van der Waals surface area contributed by atoms with Gasteiger partial charge in [-0.15, -0.1) is 0 Å². The molecule has 26 heavy (non-hydrogen) atoms. The van der Waals surface area contributed by atoms with Crippen molar-refractivity contribution in [3.63, 3.8) is 0 Å². The Morgan fingerprint density at radius 2 is 1.12 bits per heavy atom. The first-order valence-corrected chi connectivity index (χ1v) is 8.52. The van der Waals surface area contributed by atoms with E-state index >= 15 is 0 Å². The van der Waals surface area contributed by atoms with Crippen molar-refractivity contribution in [2.24, 2.45) is 0 Å². The molecule has 2 amide bonds. The fraction of sp³-hybridized carbons (Fsp3) is 0.300. The Bertz CT molecular complexity index is 795. The van der Waals surface area contributed by atoms with Crippen LogP contribution in [-0.2, 0) is 9.47 Å². The molecule has 6 nitrogen and oxygen atoms in total. The number of fused-ring (bicyclic) bond motifs is 2. The molecule has 2 aliphatic rings. The van der Waals surface area contributed by atoms with Crippen LogP contribution >= 0.6 is 0 Å². The molecule has 0 unspecified atom stereocenters. The number of nitrogens with zero attached hydrogens (tertiary/aromatic N) is 2. The summed E-state index contributed by atoms with van der Waals surface area (Å²) in [5, 5.41) is 0. The molecule has 0 saturated carbocycles. The van der Waals surface area contributed by atoms with Gasteiger partial charge in [-0.2, -0.15) is 0 Å². The normalized spacial score (nSPS) is 21.3. The van der Waals surface area contributed by atoms with Crippen LogP contribution in [0.4, 0.5) is 0 Å². The summed E-state index contributed by atoms with van der Waals surface area (Å²) >= 11 is 0. The number of amides is 2. The Morgan fingerprint density at radius 3 is 1.50 bits per heavy atom. The molecule has 0 saturated heterocycles. The average molecular weight is 352 g/mol. The first-order valence-electron chi connectivity index (χ1n) is 8.52. The van der Waals surface area contributed by atoms with Gasteiger partial charge in [-0.1, -0.05) is 36.4 Å². The van der Waals surface area contributed by atoms with Gasteiger partial charge in [-0.25, -0.2) is 0 Å². The van der Waals surface area contributed by atoms with Gasteiger partial charge in [0.1, 0.15) is 0 Å². The number of methoxy groups -OCH3 is 2. The van der Waals surface area contributed by atoms with Crippen LogP contribution in [0.2, 0.25) is 0 Å². The van der Waals surface area contributed by atoms with Crippen LogP contribution in [-0.4, -0.2) is 48.9 Å². The van der Waals surface area contributed by atoms with E-state index in [1.165, 1.54) is 0 Å². The van der Waals surface area contributed by atoms with Crippen LogP contribution < -0.4 is 0 Å². The van der Waals surface area contributed by atoms with Crippen molar-refractivity contribution in [1.82, 2.24) is 9.80 Å². The minimum absolute atomic E-state index is 0.0782. The highest BCUT2D eigenvalue weighted by atomic mass is 16.5. The molecule has 2 atom stereocenters. The molecule has 4 rings (SSSR count). The zero-order chi connectivity index (χ0) is 18.3. The largest absolute Gasteiger partial charge is 0.357 e. The first-order chi connectivity index (χ1) is 12.7. The lowest BCUT2D eigenvalue weighted by Crippen LogP contribution is -2.39. The van der Waals surface area contributed by atoms with Gasteiger partial charge < -0.3 is 19.3 Å². The molecule has 2 aromatic rings. The fourth-order valence-electron chi connectivity index (χ4n) is 3.83. The van der Waals surface area contributed by atoms with E-state index < -0.39 is 12.5 Å². The van der Waals surface area contributed by atoms with Crippen molar-refractivity contribution in [2.45, 2.75) is 12.5 Å². The summed E-state index contributed by atoms with van der Waals surface area (Å²) in [4.78, 5) is 28.8. The zero-order valence-corrected chi connectivity index (χ0v) is 14.7. The number of rotatable bonds is 5. The summed E-state index contributed by atoms with van der Waals surface area (Å²) in [6.07, 6.45) is -0.862. The third kappa shape index (κ3) is 2.41. The van der Waals surface area contributed by atoms with Crippen molar-refractivity contribution in [3.8, 4) is 0 Å². The van der Waals surface area contributed by atoms with E-state index in [9.17, 15) is 9.59 Å². The summed E-state index contributed by atoms with van der Waals surface area (Å²) in [7, 11) is 3.17. The monoisotopic (exact) mass is 352 g/mol. The number of carbonyl (C=O) groups is 2.